The minimum absolute atomic E-state index is 0.298. The number of hydrogen-bond donors (Lipinski definition) is 1. The lowest BCUT2D eigenvalue weighted by Gasteiger charge is -2.12. The zero-order valence-electron chi connectivity index (χ0n) is 11.0. The van der Waals surface area contributed by atoms with Crippen LogP contribution in [0.15, 0.2) is 40.9 Å². The fourth-order valence-corrected chi connectivity index (χ4v) is 2.17. The lowest BCUT2D eigenvalue weighted by molar-refractivity contribution is 0.102. The predicted molar refractivity (Wildman–Crippen MR) is 79.8 cm³/mol. The number of aryl methyl sites for hydroxylation is 1. The second kappa shape index (κ2) is 6.05. The first kappa shape index (κ1) is 14.5. The second-order valence-electron chi connectivity index (χ2n) is 4.26. The highest BCUT2D eigenvalue weighted by Crippen LogP contribution is 2.28. The van der Waals surface area contributed by atoms with E-state index in [0.717, 1.165) is 4.47 Å². The van der Waals surface area contributed by atoms with Crippen molar-refractivity contribution in [2.75, 3.05) is 12.4 Å². The van der Waals surface area contributed by atoms with E-state index < -0.39 is 5.82 Å². The molecule has 0 fully saturated rings. The molecule has 1 N–H and O–H groups in total. The van der Waals surface area contributed by atoms with Gasteiger partial charge in [-0.25, -0.2) is 4.39 Å². The Labute approximate surface area is 124 Å². The van der Waals surface area contributed by atoms with Gasteiger partial charge in [0.05, 0.1) is 12.8 Å². The number of hydrogen-bond acceptors (Lipinski definition) is 2. The molecule has 0 spiro atoms. The lowest BCUT2D eigenvalue weighted by atomic mass is 10.1. The van der Waals surface area contributed by atoms with Crippen molar-refractivity contribution in [2.45, 2.75) is 6.92 Å². The molecule has 0 aliphatic carbocycles. The molecule has 1 amide bonds. The first-order chi connectivity index (χ1) is 9.51. The van der Waals surface area contributed by atoms with Crippen LogP contribution >= 0.6 is 15.9 Å². The van der Waals surface area contributed by atoms with E-state index in [-0.39, 0.29) is 5.91 Å². The molecule has 0 aromatic heterocycles. The summed E-state index contributed by atoms with van der Waals surface area (Å²) in [4.78, 5) is 12.2. The van der Waals surface area contributed by atoms with Crippen LogP contribution < -0.4 is 10.1 Å². The first-order valence-corrected chi connectivity index (χ1v) is 6.71. The topological polar surface area (TPSA) is 38.3 Å². The minimum atomic E-state index is -0.443. The van der Waals surface area contributed by atoms with Crippen molar-refractivity contribution >= 4 is 27.5 Å². The van der Waals surface area contributed by atoms with Crippen molar-refractivity contribution in [3.8, 4) is 5.75 Å². The molecule has 0 unspecified atom stereocenters. The third kappa shape index (κ3) is 3.17. The van der Waals surface area contributed by atoms with Crippen LogP contribution in [0.1, 0.15) is 15.9 Å². The van der Waals surface area contributed by atoms with Crippen LogP contribution in [0.4, 0.5) is 10.1 Å². The summed E-state index contributed by atoms with van der Waals surface area (Å²) >= 11 is 3.33. The second-order valence-corrected chi connectivity index (χ2v) is 5.17. The highest BCUT2D eigenvalue weighted by Gasteiger charge is 2.13. The van der Waals surface area contributed by atoms with Crippen molar-refractivity contribution in [1.29, 1.82) is 0 Å². The highest BCUT2D eigenvalue weighted by molar-refractivity contribution is 9.10. The lowest BCUT2D eigenvalue weighted by Crippen LogP contribution is -2.14. The van der Waals surface area contributed by atoms with Crippen molar-refractivity contribution in [3.05, 3.63) is 57.8 Å². The molecule has 104 valence electrons. The summed E-state index contributed by atoms with van der Waals surface area (Å²) in [6.07, 6.45) is 0. The first-order valence-electron chi connectivity index (χ1n) is 5.92. The van der Waals surface area contributed by atoms with Crippen molar-refractivity contribution < 1.29 is 13.9 Å². The van der Waals surface area contributed by atoms with E-state index in [4.69, 9.17) is 4.74 Å². The number of anilines is 1. The maximum atomic E-state index is 13.2. The smallest absolute Gasteiger partial charge is 0.256 e. The van der Waals surface area contributed by atoms with Gasteiger partial charge in [-0.15, -0.1) is 0 Å². The molecule has 0 atom stereocenters. The quantitative estimate of drug-likeness (QED) is 0.913. The number of carbonyl (C=O) groups excluding carboxylic acids is 1. The molecular weight excluding hydrogens is 325 g/mol. The summed E-state index contributed by atoms with van der Waals surface area (Å²) in [6, 6.07) is 9.38. The van der Waals surface area contributed by atoms with Gasteiger partial charge in [-0.05, 0) is 42.8 Å². The van der Waals surface area contributed by atoms with E-state index >= 15 is 0 Å². The number of halogens is 2. The van der Waals surface area contributed by atoms with Gasteiger partial charge in [0, 0.05) is 10.0 Å². The Morgan fingerprint density at radius 3 is 2.70 bits per heavy atom. The number of methoxy groups -OCH3 is 1. The van der Waals surface area contributed by atoms with Crippen LogP contribution in [-0.4, -0.2) is 13.0 Å². The van der Waals surface area contributed by atoms with Crippen LogP contribution in [-0.2, 0) is 0 Å². The summed E-state index contributed by atoms with van der Waals surface area (Å²) in [7, 11) is 1.52. The number of carbonyl (C=O) groups is 1. The van der Waals surface area contributed by atoms with Gasteiger partial charge < -0.3 is 10.1 Å². The zero-order valence-corrected chi connectivity index (χ0v) is 12.6. The molecule has 0 radical (unpaired) electrons. The Hall–Kier alpha value is -1.88. The van der Waals surface area contributed by atoms with E-state index in [1.165, 1.54) is 19.2 Å². The standard InChI is InChI=1S/C15H13BrFNO2/c1-9-3-5-11(17)8-12(9)15(19)18-13-7-10(16)4-6-14(13)20-2/h3-8H,1-2H3,(H,18,19). The fraction of sp³-hybridized carbons (Fsp3) is 0.133. The van der Waals surface area contributed by atoms with Gasteiger partial charge in [0.1, 0.15) is 11.6 Å². The average Bonchev–Trinajstić information content (AvgIpc) is 2.41. The largest absolute Gasteiger partial charge is 0.495 e. The summed E-state index contributed by atoms with van der Waals surface area (Å²) in [5.74, 6) is -0.282. The molecule has 2 aromatic carbocycles. The van der Waals surface area contributed by atoms with Gasteiger partial charge >= 0.3 is 0 Å². The van der Waals surface area contributed by atoms with E-state index in [2.05, 4.69) is 21.2 Å². The maximum Gasteiger partial charge on any atom is 0.256 e. The summed E-state index contributed by atoms with van der Waals surface area (Å²) < 4.78 is 19.2. The number of ether oxygens (including phenoxy) is 1. The molecule has 5 heteroatoms. The van der Waals surface area contributed by atoms with Gasteiger partial charge in [-0.3, -0.25) is 4.79 Å². The van der Waals surface area contributed by atoms with Gasteiger partial charge in [-0.1, -0.05) is 22.0 Å². The number of nitrogens with one attached hydrogen (secondary N) is 1. The molecule has 0 aliphatic rings. The van der Waals surface area contributed by atoms with Crippen LogP contribution in [0.25, 0.3) is 0 Å². The molecule has 0 bridgehead atoms. The molecule has 20 heavy (non-hydrogen) atoms. The average molecular weight is 338 g/mol. The SMILES string of the molecule is COc1ccc(Br)cc1NC(=O)c1cc(F)ccc1C. The molecule has 0 saturated carbocycles. The Kier molecular flexibility index (Phi) is 4.39. The Balaban J connectivity index is 2.32. The molecule has 0 aliphatic heterocycles. The van der Waals surface area contributed by atoms with E-state index in [1.807, 2.05) is 6.07 Å². The van der Waals surface area contributed by atoms with Gasteiger partial charge in [-0.2, -0.15) is 0 Å². The normalized spacial score (nSPS) is 10.2. The van der Waals surface area contributed by atoms with E-state index in [1.54, 1.807) is 25.1 Å². The van der Waals surface area contributed by atoms with Gasteiger partial charge in [0.25, 0.3) is 5.91 Å². The molecule has 0 heterocycles. The highest BCUT2D eigenvalue weighted by atomic mass is 79.9. The van der Waals surface area contributed by atoms with Crippen molar-refractivity contribution in [2.24, 2.45) is 0 Å². The van der Waals surface area contributed by atoms with Crippen LogP contribution in [0.5, 0.6) is 5.75 Å². The van der Waals surface area contributed by atoms with Crippen LogP contribution in [0.2, 0.25) is 0 Å². The van der Waals surface area contributed by atoms with Crippen LogP contribution in [0.3, 0.4) is 0 Å². The molecular formula is C15H13BrFNO2. The van der Waals surface area contributed by atoms with E-state index in [9.17, 15) is 9.18 Å². The third-order valence-corrected chi connectivity index (χ3v) is 3.35. The molecule has 3 nitrogen and oxygen atoms in total. The summed E-state index contributed by atoms with van der Waals surface area (Å²) in [5.41, 5.74) is 1.53. The predicted octanol–water partition coefficient (Wildman–Crippen LogP) is 4.16. The van der Waals surface area contributed by atoms with Crippen LogP contribution in [0, 0.1) is 12.7 Å². The number of amides is 1. The van der Waals surface area contributed by atoms with Crippen molar-refractivity contribution in [3.63, 3.8) is 0 Å². The summed E-state index contributed by atoms with van der Waals surface area (Å²) in [5, 5.41) is 2.73. The van der Waals surface area contributed by atoms with Gasteiger partial charge in [0.2, 0.25) is 0 Å². The Bertz CT molecular complexity index is 658. The fourth-order valence-electron chi connectivity index (χ4n) is 1.81. The van der Waals surface area contributed by atoms with Crippen molar-refractivity contribution in [1.82, 2.24) is 0 Å². The third-order valence-electron chi connectivity index (χ3n) is 2.85. The number of benzene rings is 2. The van der Waals surface area contributed by atoms with E-state index in [0.29, 0.717) is 22.6 Å². The Morgan fingerprint density at radius 1 is 1.25 bits per heavy atom. The monoisotopic (exact) mass is 337 g/mol. The number of rotatable bonds is 3. The minimum Gasteiger partial charge on any atom is -0.495 e. The molecule has 0 saturated heterocycles. The summed E-state index contributed by atoms with van der Waals surface area (Å²) in [6.45, 7) is 1.76. The molecule has 2 aromatic rings. The van der Waals surface area contributed by atoms with Gasteiger partial charge in [0.15, 0.2) is 0 Å². The zero-order chi connectivity index (χ0) is 14.7. The Morgan fingerprint density at radius 2 is 2.00 bits per heavy atom. The molecule has 2 rings (SSSR count). The maximum absolute atomic E-state index is 13.2.